The van der Waals surface area contributed by atoms with E-state index >= 15 is 0 Å². The second kappa shape index (κ2) is 5.04. The van der Waals surface area contributed by atoms with Crippen LogP contribution in [0.25, 0.3) is 0 Å². The SMILES string of the molecule is CS(=O)(=O)c1ncc(OC2CC(F)C2)c2c1[C@H](O)C(F)(F)[C@@H]2F. The maximum Gasteiger partial charge on any atom is 0.312 e. The summed E-state index contributed by atoms with van der Waals surface area (Å²) in [6.07, 6.45) is -5.70. The summed E-state index contributed by atoms with van der Waals surface area (Å²) in [7, 11) is -4.07. The molecule has 1 heterocycles. The lowest BCUT2D eigenvalue weighted by Crippen LogP contribution is -2.35. The van der Waals surface area contributed by atoms with Crippen LogP contribution in [-0.4, -0.2) is 43.0 Å². The molecule has 1 aromatic rings. The van der Waals surface area contributed by atoms with E-state index < -0.39 is 62.2 Å². The van der Waals surface area contributed by atoms with E-state index in [-0.39, 0.29) is 12.8 Å². The van der Waals surface area contributed by atoms with E-state index in [0.29, 0.717) is 6.26 Å². The first kappa shape index (κ1) is 16.4. The van der Waals surface area contributed by atoms with E-state index in [0.717, 1.165) is 6.20 Å². The summed E-state index contributed by atoms with van der Waals surface area (Å²) in [5, 5.41) is 8.87. The Bertz CT molecular complexity index is 749. The number of ether oxygens (including phenoxy) is 1. The predicted molar refractivity (Wildman–Crippen MR) is 69.6 cm³/mol. The van der Waals surface area contributed by atoms with Gasteiger partial charge in [0.25, 0.3) is 0 Å². The van der Waals surface area contributed by atoms with Crippen LogP contribution in [0.4, 0.5) is 17.6 Å². The van der Waals surface area contributed by atoms with Crippen molar-refractivity contribution in [3.63, 3.8) is 0 Å². The van der Waals surface area contributed by atoms with Gasteiger partial charge in [-0.2, -0.15) is 8.78 Å². The molecule has 0 spiro atoms. The highest BCUT2D eigenvalue weighted by Crippen LogP contribution is 2.56. The summed E-state index contributed by atoms with van der Waals surface area (Å²) >= 11 is 0. The van der Waals surface area contributed by atoms with Gasteiger partial charge < -0.3 is 9.84 Å². The van der Waals surface area contributed by atoms with Crippen LogP contribution >= 0.6 is 0 Å². The molecular formula is C13H13F4NO4S. The number of hydrogen-bond donors (Lipinski definition) is 1. The molecule has 0 radical (unpaired) electrons. The van der Waals surface area contributed by atoms with Crippen molar-refractivity contribution >= 4 is 9.84 Å². The number of sulfone groups is 1. The molecule has 0 aliphatic heterocycles. The van der Waals surface area contributed by atoms with Crippen molar-refractivity contribution in [1.82, 2.24) is 4.98 Å². The smallest absolute Gasteiger partial charge is 0.312 e. The lowest BCUT2D eigenvalue weighted by Gasteiger charge is -2.30. The van der Waals surface area contributed by atoms with Gasteiger partial charge in [0, 0.05) is 30.2 Å². The van der Waals surface area contributed by atoms with Gasteiger partial charge in [-0.1, -0.05) is 0 Å². The summed E-state index contributed by atoms with van der Waals surface area (Å²) < 4.78 is 83.2. The van der Waals surface area contributed by atoms with Gasteiger partial charge in [-0.05, 0) is 0 Å². The first-order chi connectivity index (χ1) is 10.5. The average Bonchev–Trinajstić information content (AvgIpc) is 2.58. The first-order valence-corrected chi connectivity index (χ1v) is 8.66. The zero-order chi connectivity index (χ0) is 17.2. The number of aliphatic hydroxyl groups excluding tert-OH is 1. The Kier molecular flexibility index (Phi) is 3.60. The standard InChI is InChI=1S/C13H13F4NO4S/c1-23(20,21)12-9-8(10(15)13(16,17)11(9)19)7(4-18-12)22-6-2-5(14)3-6/h4-6,10-11,19H,2-3H2,1H3/t5?,6?,10-,11+/m1/s1. The van der Waals surface area contributed by atoms with Gasteiger partial charge in [-0.3, -0.25) is 0 Å². The molecule has 23 heavy (non-hydrogen) atoms. The van der Waals surface area contributed by atoms with Crippen LogP contribution in [0.15, 0.2) is 11.2 Å². The van der Waals surface area contributed by atoms with Crippen LogP contribution in [0.1, 0.15) is 36.2 Å². The van der Waals surface area contributed by atoms with Crippen LogP contribution in [0.5, 0.6) is 5.75 Å². The lowest BCUT2D eigenvalue weighted by molar-refractivity contribution is -0.144. The minimum Gasteiger partial charge on any atom is -0.488 e. The van der Waals surface area contributed by atoms with Crippen molar-refractivity contribution in [1.29, 1.82) is 0 Å². The van der Waals surface area contributed by atoms with Crippen molar-refractivity contribution in [3.05, 3.63) is 17.3 Å². The Morgan fingerprint density at radius 1 is 1.30 bits per heavy atom. The first-order valence-electron chi connectivity index (χ1n) is 6.77. The number of rotatable bonds is 3. The number of aliphatic hydroxyl groups is 1. The van der Waals surface area contributed by atoms with Crippen LogP contribution in [0.2, 0.25) is 0 Å². The van der Waals surface area contributed by atoms with Crippen molar-refractivity contribution in [2.45, 2.75) is 48.3 Å². The predicted octanol–water partition coefficient (Wildman–Crippen LogP) is 2.06. The topological polar surface area (TPSA) is 76.5 Å². The van der Waals surface area contributed by atoms with Crippen LogP contribution in [0, 0.1) is 0 Å². The molecular weight excluding hydrogens is 342 g/mol. The van der Waals surface area contributed by atoms with Gasteiger partial charge in [0.15, 0.2) is 21.0 Å². The number of pyridine rings is 1. The largest absolute Gasteiger partial charge is 0.488 e. The normalized spacial score (nSPS) is 32.3. The van der Waals surface area contributed by atoms with Gasteiger partial charge in [0.1, 0.15) is 24.1 Å². The third-order valence-corrected chi connectivity index (χ3v) is 5.02. The molecule has 5 nitrogen and oxygen atoms in total. The second-order valence-electron chi connectivity index (χ2n) is 5.78. The monoisotopic (exact) mass is 355 g/mol. The molecule has 1 N–H and O–H groups in total. The number of aromatic nitrogens is 1. The molecule has 2 atom stereocenters. The minimum atomic E-state index is -4.20. The minimum absolute atomic E-state index is 0.0263. The molecule has 1 saturated carbocycles. The molecule has 0 unspecified atom stereocenters. The molecule has 0 amide bonds. The number of alkyl halides is 4. The molecule has 1 aromatic heterocycles. The van der Waals surface area contributed by atoms with Crippen LogP contribution < -0.4 is 4.74 Å². The molecule has 10 heteroatoms. The summed E-state index contributed by atoms with van der Waals surface area (Å²) in [6, 6.07) is 0. The number of fused-ring (bicyclic) bond motifs is 1. The fourth-order valence-electron chi connectivity index (χ4n) is 2.72. The Morgan fingerprint density at radius 3 is 2.43 bits per heavy atom. The van der Waals surface area contributed by atoms with Crippen LogP contribution in [0.3, 0.4) is 0 Å². The van der Waals surface area contributed by atoms with E-state index in [1.807, 2.05) is 0 Å². The highest BCUT2D eigenvalue weighted by Gasteiger charge is 2.59. The Labute approximate surface area is 129 Å². The molecule has 1 fully saturated rings. The highest BCUT2D eigenvalue weighted by molar-refractivity contribution is 7.90. The molecule has 128 valence electrons. The summed E-state index contributed by atoms with van der Waals surface area (Å²) in [5.41, 5.74) is -1.53. The quantitative estimate of drug-likeness (QED) is 0.840. The maximum atomic E-state index is 14.1. The van der Waals surface area contributed by atoms with Gasteiger partial charge in [-0.25, -0.2) is 22.2 Å². The fraction of sp³-hybridized carbons (Fsp3) is 0.615. The van der Waals surface area contributed by atoms with Gasteiger partial charge in [0.2, 0.25) is 0 Å². The van der Waals surface area contributed by atoms with Gasteiger partial charge >= 0.3 is 5.92 Å². The molecule has 0 saturated heterocycles. The summed E-state index contributed by atoms with van der Waals surface area (Å²) in [4.78, 5) is 3.54. The fourth-order valence-corrected chi connectivity index (χ4v) is 3.59. The second-order valence-corrected chi connectivity index (χ2v) is 7.71. The molecule has 3 rings (SSSR count). The summed E-state index contributed by atoms with van der Waals surface area (Å²) in [6.45, 7) is 0. The third kappa shape index (κ3) is 2.47. The maximum absolute atomic E-state index is 14.1. The van der Waals surface area contributed by atoms with Crippen molar-refractivity contribution in [2.75, 3.05) is 6.26 Å². The highest BCUT2D eigenvalue weighted by atomic mass is 32.2. The van der Waals surface area contributed by atoms with Crippen molar-refractivity contribution in [3.8, 4) is 5.75 Å². The average molecular weight is 355 g/mol. The van der Waals surface area contributed by atoms with E-state index in [1.54, 1.807) is 0 Å². The number of nitrogens with zero attached hydrogens (tertiary/aromatic N) is 1. The number of halogens is 4. The van der Waals surface area contributed by atoms with Crippen molar-refractivity contribution < 1.29 is 35.8 Å². The Hall–Kier alpha value is -1.42. The van der Waals surface area contributed by atoms with E-state index in [9.17, 15) is 31.1 Å². The lowest BCUT2D eigenvalue weighted by atomic mass is 9.93. The Balaban J connectivity index is 2.12. The molecule has 0 aromatic carbocycles. The zero-order valence-corrected chi connectivity index (χ0v) is 12.7. The molecule has 2 aliphatic rings. The Morgan fingerprint density at radius 2 is 1.91 bits per heavy atom. The summed E-state index contributed by atoms with van der Waals surface area (Å²) in [5.74, 6) is -4.60. The molecule has 2 aliphatic carbocycles. The van der Waals surface area contributed by atoms with Crippen LogP contribution in [-0.2, 0) is 9.84 Å². The van der Waals surface area contributed by atoms with E-state index in [2.05, 4.69) is 4.98 Å². The van der Waals surface area contributed by atoms with Gasteiger partial charge in [0.05, 0.1) is 6.20 Å². The van der Waals surface area contributed by atoms with E-state index in [1.165, 1.54) is 0 Å². The zero-order valence-electron chi connectivity index (χ0n) is 11.8. The van der Waals surface area contributed by atoms with Gasteiger partial charge in [-0.15, -0.1) is 0 Å². The number of hydrogen-bond acceptors (Lipinski definition) is 5. The van der Waals surface area contributed by atoms with Crippen molar-refractivity contribution in [2.24, 2.45) is 0 Å². The van der Waals surface area contributed by atoms with E-state index in [4.69, 9.17) is 4.74 Å². The third-order valence-electron chi connectivity index (χ3n) is 4.00. The molecule has 0 bridgehead atoms.